The summed E-state index contributed by atoms with van der Waals surface area (Å²) in [4.78, 5) is 13.9. The minimum absolute atomic E-state index is 0.0589. The van der Waals surface area contributed by atoms with Crippen molar-refractivity contribution in [2.45, 2.75) is 14.7 Å². The van der Waals surface area contributed by atoms with E-state index in [2.05, 4.69) is 10.8 Å². The molecule has 3 aromatic carbocycles. The third kappa shape index (κ3) is 5.99. The lowest BCUT2D eigenvalue weighted by atomic mass is 10.3. The standard InChI is InChI=1S/C20H19N2O3PS3/c21-13-20(23)22-27-17-7-1-4-14(10-17)26(15-5-2-8-18(11-15)28-24)16-6-3-9-19(12-16)29-25/h1-12,24-25H,13,21H2,(H,22,23). The van der Waals surface area contributed by atoms with Crippen LogP contribution in [0.25, 0.3) is 0 Å². The molecule has 3 rings (SSSR count). The van der Waals surface area contributed by atoms with Gasteiger partial charge in [0, 0.05) is 38.8 Å². The summed E-state index contributed by atoms with van der Waals surface area (Å²) in [5, 5.41) is 3.24. The van der Waals surface area contributed by atoms with E-state index in [1.807, 2.05) is 66.7 Å². The second-order valence-corrected chi connectivity index (χ2v) is 10.2. The molecule has 0 radical (unpaired) electrons. The first-order valence-electron chi connectivity index (χ1n) is 8.53. The summed E-state index contributed by atoms with van der Waals surface area (Å²) in [5.74, 6) is -0.233. The van der Waals surface area contributed by atoms with Crippen LogP contribution in [0.4, 0.5) is 0 Å². The van der Waals surface area contributed by atoms with Crippen LogP contribution in [0.1, 0.15) is 0 Å². The molecule has 5 N–H and O–H groups in total. The normalized spacial score (nSPS) is 10.9. The van der Waals surface area contributed by atoms with Crippen molar-refractivity contribution >= 4 is 65.8 Å². The van der Waals surface area contributed by atoms with E-state index < -0.39 is 7.92 Å². The zero-order chi connectivity index (χ0) is 20.6. The number of hydrogen-bond acceptors (Lipinski definition) is 7. The predicted molar refractivity (Wildman–Crippen MR) is 125 cm³/mol. The van der Waals surface area contributed by atoms with E-state index in [1.165, 1.54) is 11.9 Å². The summed E-state index contributed by atoms with van der Waals surface area (Å²) in [6.45, 7) is -0.0589. The molecule has 29 heavy (non-hydrogen) atoms. The van der Waals surface area contributed by atoms with Gasteiger partial charge in [-0.2, -0.15) is 0 Å². The first-order valence-corrected chi connectivity index (χ1v) is 12.2. The Morgan fingerprint density at radius 1 is 0.828 bits per heavy atom. The molecule has 0 aliphatic rings. The van der Waals surface area contributed by atoms with Crippen LogP contribution < -0.4 is 26.4 Å². The molecule has 0 aliphatic heterocycles. The van der Waals surface area contributed by atoms with Gasteiger partial charge in [0.15, 0.2) is 0 Å². The molecule has 0 atom stereocenters. The summed E-state index contributed by atoms with van der Waals surface area (Å²) in [6, 6.07) is 23.6. The molecule has 0 saturated carbocycles. The lowest BCUT2D eigenvalue weighted by molar-refractivity contribution is -0.117. The number of amides is 1. The molecule has 0 bridgehead atoms. The van der Waals surface area contributed by atoms with Crippen molar-refractivity contribution < 1.29 is 13.9 Å². The Morgan fingerprint density at radius 2 is 1.28 bits per heavy atom. The molecule has 0 fully saturated rings. The summed E-state index contributed by atoms with van der Waals surface area (Å²) in [7, 11) is -0.935. The van der Waals surface area contributed by atoms with Crippen LogP contribution in [0, 0.1) is 0 Å². The van der Waals surface area contributed by atoms with Crippen LogP contribution >= 0.6 is 44.0 Å². The molecule has 5 nitrogen and oxygen atoms in total. The summed E-state index contributed by atoms with van der Waals surface area (Å²) >= 11 is 2.67. The molecule has 0 saturated heterocycles. The van der Waals surface area contributed by atoms with Gasteiger partial charge < -0.3 is 14.8 Å². The Morgan fingerprint density at radius 3 is 1.72 bits per heavy atom. The molecule has 0 heterocycles. The molecule has 0 spiro atoms. The lowest BCUT2D eigenvalue weighted by Crippen LogP contribution is -2.25. The highest BCUT2D eigenvalue weighted by molar-refractivity contribution is 7.98. The molecule has 9 heteroatoms. The van der Waals surface area contributed by atoms with Crippen molar-refractivity contribution in [2.24, 2.45) is 5.73 Å². The van der Waals surface area contributed by atoms with E-state index >= 15 is 0 Å². The average molecular weight is 463 g/mol. The molecule has 0 aromatic heterocycles. The number of benzene rings is 3. The Balaban J connectivity index is 2.04. The van der Waals surface area contributed by atoms with E-state index in [9.17, 15) is 13.9 Å². The number of nitrogens with one attached hydrogen (secondary N) is 1. The number of rotatable bonds is 8. The Kier molecular flexibility index (Phi) is 8.44. The zero-order valence-corrected chi connectivity index (χ0v) is 18.5. The Labute approximate surface area is 183 Å². The largest absolute Gasteiger partial charge is 0.325 e. The highest BCUT2D eigenvalue weighted by Crippen LogP contribution is 2.35. The third-order valence-corrected chi connectivity index (χ3v) is 8.04. The van der Waals surface area contributed by atoms with Gasteiger partial charge in [-0.1, -0.05) is 36.4 Å². The van der Waals surface area contributed by atoms with Crippen LogP contribution in [0.5, 0.6) is 0 Å². The van der Waals surface area contributed by atoms with Gasteiger partial charge in [-0.25, -0.2) is 0 Å². The van der Waals surface area contributed by atoms with E-state index in [-0.39, 0.29) is 12.5 Å². The minimum Gasteiger partial charge on any atom is -0.325 e. The van der Waals surface area contributed by atoms with Gasteiger partial charge in [-0.05, 0) is 72.2 Å². The zero-order valence-electron chi connectivity index (χ0n) is 15.2. The SMILES string of the molecule is NCC(=O)NSc1cccc(P(c2cccc(SO)c2)c2cccc(SO)c2)c1. The maximum absolute atomic E-state index is 11.5. The molecule has 3 aromatic rings. The van der Waals surface area contributed by atoms with E-state index in [1.54, 1.807) is 0 Å². The topological polar surface area (TPSA) is 95.6 Å². The average Bonchev–Trinajstić information content (AvgIpc) is 2.78. The number of hydrogen-bond donors (Lipinski definition) is 4. The highest BCUT2D eigenvalue weighted by Gasteiger charge is 2.18. The number of nitrogens with two attached hydrogens (primary N) is 1. The van der Waals surface area contributed by atoms with Gasteiger partial charge in [-0.15, -0.1) is 0 Å². The quantitative estimate of drug-likeness (QED) is 0.231. The van der Waals surface area contributed by atoms with Gasteiger partial charge in [0.1, 0.15) is 0 Å². The summed E-state index contributed by atoms with van der Waals surface area (Å²) in [6.07, 6.45) is 0. The first kappa shape index (κ1) is 22.2. The van der Waals surface area contributed by atoms with Crippen molar-refractivity contribution in [1.82, 2.24) is 4.72 Å². The molecule has 1 amide bonds. The van der Waals surface area contributed by atoms with Crippen LogP contribution in [-0.4, -0.2) is 21.6 Å². The summed E-state index contributed by atoms with van der Waals surface area (Å²) in [5.41, 5.74) is 5.35. The fraction of sp³-hybridized carbons (Fsp3) is 0.0500. The van der Waals surface area contributed by atoms with Crippen molar-refractivity contribution in [1.29, 1.82) is 0 Å². The fourth-order valence-electron chi connectivity index (χ4n) is 2.65. The van der Waals surface area contributed by atoms with Gasteiger partial charge in [0.05, 0.1) is 6.54 Å². The molecule has 0 unspecified atom stereocenters. The van der Waals surface area contributed by atoms with E-state index in [4.69, 9.17) is 5.73 Å². The molecule has 0 aliphatic carbocycles. The van der Waals surface area contributed by atoms with Crippen LogP contribution in [0.15, 0.2) is 87.5 Å². The van der Waals surface area contributed by atoms with Gasteiger partial charge >= 0.3 is 0 Å². The van der Waals surface area contributed by atoms with Gasteiger partial charge in [0.25, 0.3) is 0 Å². The van der Waals surface area contributed by atoms with Crippen LogP contribution in [0.2, 0.25) is 0 Å². The Bertz CT molecular complexity index is 943. The van der Waals surface area contributed by atoms with Crippen molar-refractivity contribution in [3.63, 3.8) is 0 Å². The highest BCUT2D eigenvalue weighted by atomic mass is 32.2. The van der Waals surface area contributed by atoms with Crippen LogP contribution in [-0.2, 0) is 4.79 Å². The van der Waals surface area contributed by atoms with E-state index in [0.717, 1.165) is 54.7 Å². The predicted octanol–water partition coefficient (Wildman–Crippen LogP) is 3.66. The smallest absolute Gasteiger partial charge is 0.243 e. The number of carbonyl (C=O) groups excluding carboxylic acids is 1. The third-order valence-electron chi connectivity index (χ3n) is 3.91. The molecular formula is C20H19N2O3PS3. The maximum atomic E-state index is 11.5. The second-order valence-electron chi connectivity index (χ2n) is 5.84. The Hall–Kier alpha value is -1.51. The molecular weight excluding hydrogens is 443 g/mol. The first-order chi connectivity index (χ1) is 14.1. The minimum atomic E-state index is -0.935. The van der Waals surface area contributed by atoms with Crippen molar-refractivity contribution in [3.05, 3.63) is 72.8 Å². The van der Waals surface area contributed by atoms with Crippen molar-refractivity contribution in [3.8, 4) is 0 Å². The van der Waals surface area contributed by atoms with Gasteiger partial charge in [-0.3, -0.25) is 9.52 Å². The van der Waals surface area contributed by atoms with Crippen molar-refractivity contribution in [2.75, 3.05) is 6.54 Å². The van der Waals surface area contributed by atoms with Crippen LogP contribution in [0.3, 0.4) is 0 Å². The summed E-state index contributed by atoms with van der Waals surface area (Å²) < 4.78 is 21.7. The fourth-order valence-corrected chi connectivity index (χ4v) is 6.60. The van der Waals surface area contributed by atoms with E-state index in [0.29, 0.717) is 0 Å². The second kappa shape index (κ2) is 11.0. The number of carbonyl (C=O) groups is 1. The maximum Gasteiger partial charge on any atom is 0.243 e. The monoisotopic (exact) mass is 462 g/mol. The molecule has 150 valence electrons. The van der Waals surface area contributed by atoms with Gasteiger partial charge in [0.2, 0.25) is 5.91 Å². The lowest BCUT2D eigenvalue weighted by Gasteiger charge is -2.21.